The van der Waals surface area contributed by atoms with Gasteiger partial charge in [-0.25, -0.2) is 9.97 Å². The number of hydrogen-bond acceptors (Lipinski definition) is 7. The molecule has 2 aromatic carbocycles. The molecule has 0 amide bonds. The normalized spacial score (nSPS) is 18.6. The summed E-state index contributed by atoms with van der Waals surface area (Å²) in [5.74, 6) is 0.724. The van der Waals surface area contributed by atoms with Crippen molar-refractivity contribution >= 4 is 5.95 Å². The second-order valence-corrected chi connectivity index (χ2v) is 8.40. The van der Waals surface area contributed by atoms with Crippen molar-refractivity contribution < 1.29 is 17.9 Å². The van der Waals surface area contributed by atoms with Crippen molar-refractivity contribution in [2.75, 3.05) is 18.1 Å². The molecule has 0 aliphatic carbocycles. The molecule has 1 aliphatic heterocycles. The fraction of sp³-hybridized carbons (Fsp3) is 0.292. The maximum atomic E-state index is 13.5. The third-order valence-corrected chi connectivity index (χ3v) is 5.85. The summed E-state index contributed by atoms with van der Waals surface area (Å²) < 4.78 is 47.7. The Kier molecular flexibility index (Phi) is 5.93. The number of para-hydroxylation sites is 1. The molecular weight excluding hydrogens is 459 g/mol. The first-order valence-electron chi connectivity index (χ1n) is 11.1. The minimum Gasteiger partial charge on any atom is -0.377 e. The van der Waals surface area contributed by atoms with Crippen LogP contribution >= 0.6 is 0 Å². The molecule has 0 saturated carbocycles. The molecule has 1 fully saturated rings. The molecule has 180 valence electrons. The van der Waals surface area contributed by atoms with Gasteiger partial charge in [0.05, 0.1) is 47.8 Å². The maximum absolute atomic E-state index is 13.5. The van der Waals surface area contributed by atoms with Crippen molar-refractivity contribution in [3.63, 3.8) is 0 Å². The van der Waals surface area contributed by atoms with Crippen molar-refractivity contribution in [2.24, 2.45) is 0 Å². The zero-order chi connectivity index (χ0) is 24.6. The van der Waals surface area contributed by atoms with E-state index >= 15 is 0 Å². The number of morpholine rings is 1. The Morgan fingerprint density at radius 3 is 2.43 bits per heavy atom. The highest BCUT2D eigenvalue weighted by Gasteiger charge is 2.32. The Bertz CT molecular complexity index is 1320. The van der Waals surface area contributed by atoms with Crippen molar-refractivity contribution in [1.29, 1.82) is 0 Å². The Morgan fingerprint density at radius 2 is 1.71 bits per heavy atom. The Balaban J connectivity index is 1.70. The molecule has 1 saturated heterocycles. The highest BCUT2D eigenvalue weighted by atomic mass is 19.4. The van der Waals surface area contributed by atoms with Gasteiger partial charge in [0, 0.05) is 11.8 Å². The molecule has 2 aromatic heterocycles. The minimum absolute atomic E-state index is 0.00593. The van der Waals surface area contributed by atoms with E-state index in [4.69, 9.17) is 9.72 Å². The molecule has 0 bridgehead atoms. The van der Waals surface area contributed by atoms with E-state index < -0.39 is 11.7 Å². The molecule has 5 rings (SSSR count). The van der Waals surface area contributed by atoms with Gasteiger partial charge in [0.1, 0.15) is 0 Å². The molecule has 0 spiro atoms. The standard InChI is InChI=1S/C24H22F3N7O/c1-15-13-35-14-16(2)33(15)23-28-12-20(22-30-31-32-34(22)19-9-4-3-5-10-19)21(29-23)17-7-6-8-18(11-17)24(25,26)27/h3-12,15-16H,13-14H2,1-2H3/t15-,16+. The van der Waals surface area contributed by atoms with E-state index in [2.05, 4.69) is 20.5 Å². The first-order valence-corrected chi connectivity index (χ1v) is 11.1. The number of alkyl halides is 3. The Morgan fingerprint density at radius 1 is 0.971 bits per heavy atom. The topological polar surface area (TPSA) is 81.9 Å². The van der Waals surface area contributed by atoms with Crippen LogP contribution in [0.15, 0.2) is 60.8 Å². The smallest absolute Gasteiger partial charge is 0.377 e. The highest BCUT2D eigenvalue weighted by Crippen LogP contribution is 2.36. The van der Waals surface area contributed by atoms with Gasteiger partial charge >= 0.3 is 6.18 Å². The molecular formula is C24H22F3N7O. The van der Waals surface area contributed by atoms with Crippen molar-refractivity contribution in [3.05, 3.63) is 66.4 Å². The third-order valence-electron chi connectivity index (χ3n) is 5.85. The lowest BCUT2D eigenvalue weighted by molar-refractivity contribution is -0.137. The molecule has 4 aromatic rings. The summed E-state index contributed by atoms with van der Waals surface area (Å²) in [6.45, 7) is 4.99. The number of benzene rings is 2. The number of anilines is 1. The lowest BCUT2D eigenvalue weighted by Crippen LogP contribution is -2.50. The lowest BCUT2D eigenvalue weighted by Gasteiger charge is -2.38. The molecule has 35 heavy (non-hydrogen) atoms. The van der Waals surface area contributed by atoms with Crippen LogP contribution in [0.3, 0.4) is 0 Å². The number of nitrogens with zero attached hydrogens (tertiary/aromatic N) is 7. The molecule has 0 N–H and O–H groups in total. The maximum Gasteiger partial charge on any atom is 0.416 e. The predicted molar refractivity (Wildman–Crippen MR) is 123 cm³/mol. The van der Waals surface area contributed by atoms with E-state index in [1.54, 1.807) is 12.3 Å². The molecule has 8 nitrogen and oxygen atoms in total. The lowest BCUT2D eigenvalue weighted by atomic mass is 10.0. The minimum atomic E-state index is -4.50. The van der Waals surface area contributed by atoms with Gasteiger partial charge in [-0.1, -0.05) is 30.3 Å². The monoisotopic (exact) mass is 481 g/mol. The number of halogens is 3. The summed E-state index contributed by atoms with van der Waals surface area (Å²) in [6, 6.07) is 14.3. The number of ether oxygens (including phenoxy) is 1. The summed E-state index contributed by atoms with van der Waals surface area (Å²) in [7, 11) is 0. The van der Waals surface area contributed by atoms with Crippen LogP contribution in [0, 0.1) is 0 Å². The van der Waals surface area contributed by atoms with Crippen LogP contribution in [0.1, 0.15) is 19.4 Å². The molecule has 2 atom stereocenters. The van der Waals surface area contributed by atoms with E-state index in [9.17, 15) is 13.2 Å². The Labute approximate surface area is 199 Å². The van der Waals surface area contributed by atoms with Crippen LogP contribution in [0.4, 0.5) is 19.1 Å². The van der Waals surface area contributed by atoms with Crippen LogP contribution in [0.2, 0.25) is 0 Å². The first kappa shape index (κ1) is 22.9. The van der Waals surface area contributed by atoms with Crippen molar-refractivity contribution in [1.82, 2.24) is 30.2 Å². The van der Waals surface area contributed by atoms with Crippen LogP contribution < -0.4 is 4.90 Å². The van der Waals surface area contributed by atoms with Gasteiger partial charge in [0.15, 0.2) is 5.82 Å². The fourth-order valence-electron chi connectivity index (χ4n) is 4.22. The number of hydrogen-bond donors (Lipinski definition) is 0. The zero-order valence-electron chi connectivity index (χ0n) is 19.0. The third kappa shape index (κ3) is 4.46. The van der Waals surface area contributed by atoms with Gasteiger partial charge in [-0.05, 0) is 48.5 Å². The summed E-state index contributed by atoms with van der Waals surface area (Å²) in [5, 5.41) is 12.0. The molecule has 3 heterocycles. The van der Waals surface area contributed by atoms with Gasteiger partial charge in [0.25, 0.3) is 0 Å². The van der Waals surface area contributed by atoms with E-state index in [0.717, 1.165) is 12.1 Å². The SMILES string of the molecule is C[C@@H]1COC[C@H](C)N1c1ncc(-c2nnnn2-c2ccccc2)c(-c2cccc(C(F)(F)F)c2)n1. The number of rotatable bonds is 4. The second kappa shape index (κ2) is 9.06. The van der Waals surface area contributed by atoms with E-state index in [1.165, 1.54) is 10.7 Å². The number of aromatic nitrogens is 6. The molecule has 1 aliphatic rings. The fourth-order valence-corrected chi connectivity index (χ4v) is 4.22. The molecule has 0 unspecified atom stereocenters. The van der Waals surface area contributed by atoms with E-state index in [0.29, 0.717) is 41.9 Å². The van der Waals surface area contributed by atoms with E-state index in [1.807, 2.05) is 49.1 Å². The van der Waals surface area contributed by atoms with Crippen LogP contribution in [-0.2, 0) is 10.9 Å². The zero-order valence-corrected chi connectivity index (χ0v) is 19.0. The average molecular weight is 481 g/mol. The molecule has 0 radical (unpaired) electrons. The second-order valence-electron chi connectivity index (χ2n) is 8.40. The van der Waals surface area contributed by atoms with Gasteiger partial charge in [0.2, 0.25) is 5.95 Å². The number of tetrazole rings is 1. The van der Waals surface area contributed by atoms with Crippen LogP contribution in [0.25, 0.3) is 28.3 Å². The van der Waals surface area contributed by atoms with Gasteiger partial charge in [-0.15, -0.1) is 5.10 Å². The quantitative estimate of drug-likeness (QED) is 0.427. The first-order chi connectivity index (χ1) is 16.8. The summed E-state index contributed by atoms with van der Waals surface area (Å²) in [5.41, 5.74) is 0.933. The summed E-state index contributed by atoms with van der Waals surface area (Å²) in [6.07, 6.45) is -2.93. The van der Waals surface area contributed by atoms with Gasteiger partial charge < -0.3 is 9.64 Å². The van der Waals surface area contributed by atoms with Crippen molar-refractivity contribution in [3.8, 4) is 28.3 Å². The van der Waals surface area contributed by atoms with Crippen LogP contribution in [-0.4, -0.2) is 55.5 Å². The Hall–Kier alpha value is -3.86. The molecule has 11 heteroatoms. The van der Waals surface area contributed by atoms with Gasteiger partial charge in [-0.2, -0.15) is 17.9 Å². The summed E-state index contributed by atoms with van der Waals surface area (Å²) in [4.78, 5) is 11.4. The van der Waals surface area contributed by atoms with Crippen LogP contribution in [0.5, 0.6) is 0 Å². The van der Waals surface area contributed by atoms with E-state index in [-0.39, 0.29) is 17.6 Å². The van der Waals surface area contributed by atoms with Gasteiger partial charge in [-0.3, -0.25) is 0 Å². The highest BCUT2D eigenvalue weighted by molar-refractivity contribution is 5.78. The summed E-state index contributed by atoms with van der Waals surface area (Å²) >= 11 is 0. The average Bonchev–Trinajstić information content (AvgIpc) is 3.34. The van der Waals surface area contributed by atoms with Crippen molar-refractivity contribution in [2.45, 2.75) is 32.1 Å². The largest absolute Gasteiger partial charge is 0.416 e. The predicted octanol–water partition coefficient (Wildman–Crippen LogP) is 4.42.